The first kappa shape index (κ1) is 17.7. The van der Waals surface area contributed by atoms with Gasteiger partial charge in [0.15, 0.2) is 0 Å². The zero-order chi connectivity index (χ0) is 17.8. The van der Waals surface area contributed by atoms with E-state index in [1.807, 2.05) is 55.5 Å². The Hall–Kier alpha value is -2.12. The lowest BCUT2D eigenvalue weighted by atomic mass is 10.2. The molecule has 0 aliphatic rings. The van der Waals surface area contributed by atoms with Gasteiger partial charge in [-0.15, -0.1) is 22.0 Å². The average Bonchev–Trinajstić information content (AvgIpc) is 2.61. The van der Waals surface area contributed by atoms with Crippen LogP contribution in [-0.2, 0) is 12.8 Å². The van der Waals surface area contributed by atoms with E-state index in [0.29, 0.717) is 17.4 Å². The molecule has 25 heavy (non-hydrogen) atoms. The smallest absolute Gasteiger partial charge is 0.277 e. The maximum atomic E-state index is 12.5. The second-order valence-electron chi connectivity index (χ2n) is 5.57. The van der Waals surface area contributed by atoms with Gasteiger partial charge in [0.2, 0.25) is 5.95 Å². The summed E-state index contributed by atoms with van der Waals surface area (Å²) >= 11 is 4.97. The molecule has 0 saturated carbocycles. The van der Waals surface area contributed by atoms with E-state index in [9.17, 15) is 4.79 Å². The summed E-state index contributed by atoms with van der Waals surface area (Å²) in [4.78, 5) is 13.6. The van der Waals surface area contributed by atoms with Crippen LogP contribution in [0.4, 0.5) is 11.6 Å². The Balaban J connectivity index is 1.74. The van der Waals surface area contributed by atoms with Gasteiger partial charge < -0.3 is 5.32 Å². The molecule has 0 radical (unpaired) electrons. The van der Waals surface area contributed by atoms with Gasteiger partial charge >= 0.3 is 0 Å². The topological polar surface area (TPSA) is 59.8 Å². The molecule has 5 nitrogen and oxygen atoms in total. The van der Waals surface area contributed by atoms with E-state index in [-0.39, 0.29) is 5.56 Å². The molecule has 0 spiro atoms. The Labute approximate surface area is 158 Å². The van der Waals surface area contributed by atoms with E-state index in [2.05, 4.69) is 31.4 Å². The van der Waals surface area contributed by atoms with Crippen LogP contribution in [0.2, 0.25) is 0 Å². The molecule has 0 fully saturated rings. The Morgan fingerprint density at radius 3 is 2.44 bits per heavy atom. The highest BCUT2D eigenvalue weighted by molar-refractivity contribution is 9.10. The predicted octanol–water partition coefficient (Wildman–Crippen LogP) is 4.28. The molecule has 3 rings (SSSR count). The molecule has 0 aliphatic heterocycles. The zero-order valence-corrected chi connectivity index (χ0v) is 16.3. The van der Waals surface area contributed by atoms with Gasteiger partial charge in [-0.2, -0.15) is 0 Å². The summed E-state index contributed by atoms with van der Waals surface area (Å²) < 4.78 is 2.52. The normalized spacial score (nSPS) is 10.7. The molecule has 0 atom stereocenters. The Morgan fingerprint density at radius 1 is 1.08 bits per heavy atom. The molecular weight excluding hydrogens is 400 g/mol. The molecule has 0 bridgehead atoms. The second kappa shape index (κ2) is 7.84. The highest BCUT2D eigenvalue weighted by Crippen LogP contribution is 2.23. The van der Waals surface area contributed by atoms with Crippen LogP contribution >= 0.6 is 27.7 Å². The van der Waals surface area contributed by atoms with E-state index < -0.39 is 0 Å². The van der Waals surface area contributed by atoms with Crippen LogP contribution in [0.5, 0.6) is 0 Å². The van der Waals surface area contributed by atoms with Crippen LogP contribution in [0.1, 0.15) is 11.3 Å². The van der Waals surface area contributed by atoms with Crippen molar-refractivity contribution < 1.29 is 0 Å². The van der Waals surface area contributed by atoms with E-state index in [1.54, 1.807) is 18.8 Å². The lowest BCUT2D eigenvalue weighted by molar-refractivity contribution is 0.764. The molecule has 1 heterocycles. The van der Waals surface area contributed by atoms with Crippen molar-refractivity contribution in [1.82, 2.24) is 14.8 Å². The maximum absolute atomic E-state index is 12.5. The van der Waals surface area contributed by atoms with Crippen molar-refractivity contribution in [3.8, 4) is 0 Å². The largest absolute Gasteiger partial charge is 0.324 e. The number of aryl methyl sites for hydroxylation is 1. The predicted molar refractivity (Wildman–Crippen MR) is 105 cm³/mol. The molecule has 0 unspecified atom stereocenters. The quantitative estimate of drug-likeness (QED) is 0.628. The maximum Gasteiger partial charge on any atom is 0.277 e. The van der Waals surface area contributed by atoms with Crippen molar-refractivity contribution in [2.75, 3.05) is 5.32 Å². The summed E-state index contributed by atoms with van der Waals surface area (Å²) in [6.07, 6.45) is 0. The fourth-order valence-electron chi connectivity index (χ4n) is 2.16. The van der Waals surface area contributed by atoms with Gasteiger partial charge in [0, 0.05) is 27.9 Å². The molecule has 1 N–H and O–H groups in total. The number of nitrogens with zero attached hydrogens (tertiary/aromatic N) is 3. The standard InChI is InChI=1S/C18H17BrN4OS/c1-12-3-7-14(8-4-12)20-18-22-21-16(17(24)23(18)2)11-25-15-9-5-13(19)6-10-15/h3-10H,11H2,1-2H3,(H,20,22). The van der Waals surface area contributed by atoms with Crippen molar-refractivity contribution in [1.29, 1.82) is 0 Å². The molecule has 128 valence electrons. The average molecular weight is 417 g/mol. The number of thioether (sulfide) groups is 1. The van der Waals surface area contributed by atoms with E-state index >= 15 is 0 Å². The number of aromatic nitrogens is 3. The van der Waals surface area contributed by atoms with Gasteiger partial charge in [-0.3, -0.25) is 9.36 Å². The van der Waals surface area contributed by atoms with Gasteiger partial charge in [0.05, 0.1) is 0 Å². The SMILES string of the molecule is Cc1ccc(Nc2nnc(CSc3ccc(Br)cc3)c(=O)n2C)cc1. The number of benzene rings is 2. The summed E-state index contributed by atoms with van der Waals surface area (Å²) in [6, 6.07) is 15.8. The van der Waals surface area contributed by atoms with Crippen LogP contribution in [0.15, 0.2) is 62.7 Å². The van der Waals surface area contributed by atoms with Gasteiger partial charge in [0.1, 0.15) is 5.69 Å². The first-order valence-electron chi connectivity index (χ1n) is 7.67. The van der Waals surface area contributed by atoms with E-state index in [4.69, 9.17) is 0 Å². The minimum atomic E-state index is -0.144. The fraction of sp³-hybridized carbons (Fsp3) is 0.167. The van der Waals surface area contributed by atoms with Gasteiger partial charge in [-0.25, -0.2) is 0 Å². The summed E-state index contributed by atoms with van der Waals surface area (Å²) in [6.45, 7) is 2.03. The molecule has 0 amide bonds. The summed E-state index contributed by atoms with van der Waals surface area (Å²) in [5, 5.41) is 11.4. The third kappa shape index (κ3) is 4.49. The minimum absolute atomic E-state index is 0.144. The second-order valence-corrected chi connectivity index (χ2v) is 7.53. The van der Waals surface area contributed by atoms with Crippen molar-refractivity contribution in [2.45, 2.75) is 17.6 Å². The monoisotopic (exact) mass is 416 g/mol. The molecule has 7 heteroatoms. The highest BCUT2D eigenvalue weighted by atomic mass is 79.9. The van der Waals surface area contributed by atoms with Crippen LogP contribution in [-0.4, -0.2) is 14.8 Å². The Morgan fingerprint density at radius 2 is 1.76 bits per heavy atom. The molecule has 2 aromatic carbocycles. The van der Waals surface area contributed by atoms with Crippen LogP contribution < -0.4 is 10.9 Å². The minimum Gasteiger partial charge on any atom is -0.324 e. The molecule has 3 aromatic rings. The lowest BCUT2D eigenvalue weighted by Crippen LogP contribution is -2.26. The van der Waals surface area contributed by atoms with Crippen molar-refractivity contribution >= 4 is 39.3 Å². The number of hydrogen-bond donors (Lipinski definition) is 1. The number of nitrogens with one attached hydrogen (secondary N) is 1. The molecule has 0 saturated heterocycles. The molecule has 0 aliphatic carbocycles. The van der Waals surface area contributed by atoms with E-state index in [1.165, 1.54) is 10.1 Å². The van der Waals surface area contributed by atoms with Crippen molar-refractivity contribution in [3.63, 3.8) is 0 Å². The van der Waals surface area contributed by atoms with Gasteiger partial charge in [-0.1, -0.05) is 33.6 Å². The van der Waals surface area contributed by atoms with Gasteiger partial charge in [-0.05, 0) is 43.3 Å². The third-order valence-electron chi connectivity index (χ3n) is 3.63. The number of rotatable bonds is 5. The summed E-state index contributed by atoms with van der Waals surface area (Å²) in [7, 11) is 1.70. The first-order chi connectivity index (χ1) is 12.0. The number of anilines is 2. The summed E-state index contributed by atoms with van der Waals surface area (Å²) in [5.41, 5.74) is 2.33. The lowest BCUT2D eigenvalue weighted by Gasteiger charge is -2.10. The van der Waals surface area contributed by atoms with Gasteiger partial charge in [0.25, 0.3) is 5.56 Å². The zero-order valence-electron chi connectivity index (χ0n) is 13.9. The highest BCUT2D eigenvalue weighted by Gasteiger charge is 2.10. The van der Waals surface area contributed by atoms with Crippen molar-refractivity contribution in [2.24, 2.45) is 7.05 Å². The number of halogens is 1. The van der Waals surface area contributed by atoms with Crippen LogP contribution in [0.25, 0.3) is 0 Å². The fourth-order valence-corrected chi connectivity index (χ4v) is 3.23. The molecule has 1 aromatic heterocycles. The van der Waals surface area contributed by atoms with Crippen molar-refractivity contribution in [3.05, 3.63) is 74.6 Å². The Kier molecular flexibility index (Phi) is 5.55. The first-order valence-corrected chi connectivity index (χ1v) is 9.45. The Bertz CT molecular complexity index is 923. The number of hydrogen-bond acceptors (Lipinski definition) is 5. The molecular formula is C18H17BrN4OS. The summed E-state index contributed by atoms with van der Waals surface area (Å²) in [5.74, 6) is 0.901. The van der Waals surface area contributed by atoms with E-state index in [0.717, 1.165) is 15.1 Å². The van der Waals surface area contributed by atoms with Crippen LogP contribution in [0, 0.1) is 6.92 Å². The third-order valence-corrected chi connectivity index (χ3v) is 5.18. The van der Waals surface area contributed by atoms with Crippen LogP contribution in [0.3, 0.4) is 0 Å².